The lowest BCUT2D eigenvalue weighted by atomic mass is 10.2. The van der Waals surface area contributed by atoms with E-state index in [1.165, 1.54) is 6.07 Å². The predicted octanol–water partition coefficient (Wildman–Crippen LogP) is 3.70. The summed E-state index contributed by atoms with van der Waals surface area (Å²) in [5, 5.41) is 2.12. The number of halogens is 4. The zero-order valence-corrected chi connectivity index (χ0v) is 11.5. The van der Waals surface area contributed by atoms with E-state index in [0.717, 1.165) is 24.3 Å². The smallest absolute Gasteiger partial charge is 0.255 e. The Kier molecular flexibility index (Phi) is 3.99. The van der Waals surface area contributed by atoms with E-state index >= 15 is 0 Å². The summed E-state index contributed by atoms with van der Waals surface area (Å²) in [6, 6.07) is 5.43. The Hall–Kier alpha value is -2.02. The van der Waals surface area contributed by atoms with Gasteiger partial charge in [-0.25, -0.2) is 13.2 Å². The molecular formula is C13H8BrF3N2O. The first-order chi connectivity index (χ1) is 9.38. The molecular weight excluding hydrogens is 337 g/mol. The fraction of sp³-hybridized carbons (Fsp3) is 0. The van der Waals surface area contributed by atoms with Gasteiger partial charge in [-0.15, -0.1) is 0 Å². The number of hydrogen-bond donors (Lipinski definition) is 2. The molecule has 0 fully saturated rings. The standard InChI is InChI=1S/C13H8BrF3N2O/c14-7-3-6(4-8(15)5-7)13(20)19-12-10(18)2-1-9(16)11(12)17/h1-5H,18H2,(H,19,20). The van der Waals surface area contributed by atoms with Crippen molar-refractivity contribution in [3.8, 4) is 0 Å². The minimum absolute atomic E-state index is 0.0556. The highest BCUT2D eigenvalue weighted by Crippen LogP contribution is 2.25. The van der Waals surface area contributed by atoms with Crippen molar-refractivity contribution in [1.29, 1.82) is 0 Å². The van der Waals surface area contributed by atoms with E-state index in [0.29, 0.717) is 4.47 Å². The average molecular weight is 345 g/mol. The summed E-state index contributed by atoms with van der Waals surface area (Å²) < 4.78 is 40.2. The molecule has 3 N–H and O–H groups in total. The second-order valence-corrected chi connectivity index (χ2v) is 4.85. The third-order valence-corrected chi connectivity index (χ3v) is 2.95. The third kappa shape index (κ3) is 2.93. The van der Waals surface area contributed by atoms with Crippen molar-refractivity contribution in [3.05, 3.63) is 57.8 Å². The summed E-state index contributed by atoms with van der Waals surface area (Å²) in [6.45, 7) is 0. The van der Waals surface area contributed by atoms with E-state index in [4.69, 9.17) is 5.73 Å². The van der Waals surface area contributed by atoms with Gasteiger partial charge in [-0.2, -0.15) is 0 Å². The van der Waals surface area contributed by atoms with Gasteiger partial charge in [-0.1, -0.05) is 15.9 Å². The maximum absolute atomic E-state index is 13.5. The third-order valence-electron chi connectivity index (χ3n) is 2.49. The summed E-state index contributed by atoms with van der Waals surface area (Å²) in [5.74, 6) is -3.86. The monoisotopic (exact) mass is 344 g/mol. The van der Waals surface area contributed by atoms with Crippen LogP contribution in [0.4, 0.5) is 24.5 Å². The van der Waals surface area contributed by atoms with Crippen molar-refractivity contribution < 1.29 is 18.0 Å². The molecule has 0 atom stereocenters. The predicted molar refractivity (Wildman–Crippen MR) is 72.8 cm³/mol. The lowest BCUT2D eigenvalue weighted by Crippen LogP contribution is -2.15. The van der Waals surface area contributed by atoms with Crippen LogP contribution in [0.25, 0.3) is 0 Å². The highest BCUT2D eigenvalue weighted by atomic mass is 79.9. The Labute approximate surface area is 120 Å². The molecule has 0 aliphatic heterocycles. The number of hydrogen-bond acceptors (Lipinski definition) is 2. The molecule has 0 bridgehead atoms. The first kappa shape index (κ1) is 14.4. The fourth-order valence-corrected chi connectivity index (χ4v) is 2.03. The van der Waals surface area contributed by atoms with Crippen LogP contribution in [-0.2, 0) is 0 Å². The van der Waals surface area contributed by atoms with E-state index in [2.05, 4.69) is 21.2 Å². The fourth-order valence-electron chi connectivity index (χ4n) is 1.56. The number of amides is 1. The molecule has 104 valence electrons. The maximum Gasteiger partial charge on any atom is 0.255 e. The molecule has 7 heteroatoms. The second kappa shape index (κ2) is 5.54. The molecule has 2 aromatic rings. The maximum atomic E-state index is 13.5. The van der Waals surface area contributed by atoms with Gasteiger partial charge >= 0.3 is 0 Å². The summed E-state index contributed by atoms with van der Waals surface area (Å²) in [6.07, 6.45) is 0. The number of nitrogens with two attached hydrogens (primary N) is 1. The van der Waals surface area contributed by atoms with Gasteiger partial charge in [0.15, 0.2) is 11.6 Å². The van der Waals surface area contributed by atoms with Gasteiger partial charge in [0.1, 0.15) is 11.5 Å². The summed E-state index contributed by atoms with van der Waals surface area (Å²) in [7, 11) is 0. The minimum atomic E-state index is -1.27. The number of anilines is 2. The van der Waals surface area contributed by atoms with Crippen molar-refractivity contribution >= 4 is 33.2 Å². The molecule has 0 aromatic heterocycles. The van der Waals surface area contributed by atoms with Crippen LogP contribution in [-0.4, -0.2) is 5.91 Å². The van der Waals surface area contributed by atoms with Gasteiger partial charge in [-0.05, 0) is 30.3 Å². The van der Waals surface area contributed by atoms with Crippen molar-refractivity contribution in [1.82, 2.24) is 0 Å². The summed E-state index contributed by atoms with van der Waals surface area (Å²) in [4.78, 5) is 11.9. The van der Waals surface area contributed by atoms with Crippen LogP contribution in [0.2, 0.25) is 0 Å². The zero-order chi connectivity index (χ0) is 14.9. The lowest BCUT2D eigenvalue weighted by molar-refractivity contribution is 0.102. The Bertz CT molecular complexity index is 671. The van der Waals surface area contributed by atoms with Gasteiger partial charge in [0.2, 0.25) is 0 Å². The van der Waals surface area contributed by atoms with E-state index < -0.39 is 29.0 Å². The van der Waals surface area contributed by atoms with Crippen LogP contribution in [0.5, 0.6) is 0 Å². The molecule has 0 radical (unpaired) electrons. The molecule has 3 nitrogen and oxygen atoms in total. The average Bonchev–Trinajstić information content (AvgIpc) is 2.38. The van der Waals surface area contributed by atoms with Gasteiger partial charge < -0.3 is 11.1 Å². The van der Waals surface area contributed by atoms with Gasteiger partial charge in [0.05, 0.1) is 5.69 Å². The molecule has 1 amide bonds. The van der Waals surface area contributed by atoms with Crippen molar-refractivity contribution in [3.63, 3.8) is 0 Å². The Morgan fingerprint density at radius 3 is 2.50 bits per heavy atom. The molecule has 0 unspecified atom stereocenters. The van der Waals surface area contributed by atoms with Gasteiger partial charge in [0, 0.05) is 10.0 Å². The Morgan fingerprint density at radius 2 is 1.85 bits per heavy atom. The number of nitrogens with one attached hydrogen (secondary N) is 1. The SMILES string of the molecule is Nc1ccc(F)c(F)c1NC(=O)c1cc(F)cc(Br)c1. The van der Waals surface area contributed by atoms with Crippen LogP contribution in [0, 0.1) is 17.5 Å². The largest absolute Gasteiger partial charge is 0.397 e. The molecule has 0 aliphatic carbocycles. The number of nitrogen functional groups attached to an aromatic ring is 1. The summed E-state index contributed by atoms with van der Waals surface area (Å²) in [5.41, 5.74) is 4.81. The van der Waals surface area contributed by atoms with Crippen LogP contribution in [0.3, 0.4) is 0 Å². The van der Waals surface area contributed by atoms with Gasteiger partial charge in [-0.3, -0.25) is 4.79 Å². The van der Waals surface area contributed by atoms with E-state index in [1.54, 1.807) is 0 Å². The van der Waals surface area contributed by atoms with Crippen LogP contribution in [0.15, 0.2) is 34.8 Å². The molecule has 0 saturated carbocycles. The minimum Gasteiger partial charge on any atom is -0.397 e. The molecule has 20 heavy (non-hydrogen) atoms. The van der Waals surface area contributed by atoms with Crippen molar-refractivity contribution in [2.45, 2.75) is 0 Å². The molecule has 2 rings (SSSR count). The molecule has 0 spiro atoms. The number of carbonyl (C=O) groups excluding carboxylic acids is 1. The number of rotatable bonds is 2. The van der Waals surface area contributed by atoms with Crippen LogP contribution >= 0.6 is 15.9 Å². The van der Waals surface area contributed by atoms with Gasteiger partial charge in [0.25, 0.3) is 5.91 Å². The quantitative estimate of drug-likeness (QED) is 0.816. The van der Waals surface area contributed by atoms with Crippen LogP contribution in [0.1, 0.15) is 10.4 Å². The van der Waals surface area contributed by atoms with Crippen molar-refractivity contribution in [2.75, 3.05) is 11.1 Å². The molecule has 0 heterocycles. The molecule has 0 aliphatic rings. The molecule has 2 aromatic carbocycles. The topological polar surface area (TPSA) is 55.1 Å². The highest BCUT2D eigenvalue weighted by molar-refractivity contribution is 9.10. The highest BCUT2D eigenvalue weighted by Gasteiger charge is 2.16. The molecule has 0 saturated heterocycles. The van der Waals surface area contributed by atoms with Crippen molar-refractivity contribution in [2.24, 2.45) is 0 Å². The lowest BCUT2D eigenvalue weighted by Gasteiger charge is -2.10. The summed E-state index contributed by atoms with van der Waals surface area (Å²) >= 11 is 3.03. The normalized spacial score (nSPS) is 10.4. The second-order valence-electron chi connectivity index (χ2n) is 3.94. The first-order valence-electron chi connectivity index (χ1n) is 5.39. The first-order valence-corrected chi connectivity index (χ1v) is 6.18. The number of carbonyl (C=O) groups is 1. The Balaban J connectivity index is 2.35. The van der Waals surface area contributed by atoms with E-state index in [-0.39, 0.29) is 11.3 Å². The van der Waals surface area contributed by atoms with E-state index in [9.17, 15) is 18.0 Å². The zero-order valence-electron chi connectivity index (χ0n) is 9.88. The number of benzene rings is 2. The van der Waals surface area contributed by atoms with Crippen LogP contribution < -0.4 is 11.1 Å². The Morgan fingerprint density at radius 1 is 1.15 bits per heavy atom. The van der Waals surface area contributed by atoms with E-state index in [1.807, 2.05) is 0 Å².